The maximum atomic E-state index is 4.78. The van der Waals surface area contributed by atoms with E-state index in [0.717, 1.165) is 29.5 Å². The standard InChI is InChI=1S/C20H30N6/c1-4-21-19(25-17-8-10-20(2,3)11-9-17)22-13-15-6-5-7-16(12-15)18-23-14-24-26-18/h5-7,12,14,17H,4,8-11,13H2,1-3H3,(H2,21,22,25)(H,23,24,26). The Morgan fingerprint density at radius 2 is 2.12 bits per heavy atom. The van der Waals surface area contributed by atoms with Crippen LogP contribution in [0, 0.1) is 5.41 Å². The average Bonchev–Trinajstić information content (AvgIpc) is 3.17. The maximum absolute atomic E-state index is 4.78. The van der Waals surface area contributed by atoms with E-state index in [9.17, 15) is 0 Å². The lowest BCUT2D eigenvalue weighted by Crippen LogP contribution is -2.45. The van der Waals surface area contributed by atoms with E-state index in [1.165, 1.54) is 32.0 Å². The lowest BCUT2D eigenvalue weighted by molar-refractivity contribution is 0.216. The van der Waals surface area contributed by atoms with E-state index >= 15 is 0 Å². The van der Waals surface area contributed by atoms with Gasteiger partial charge in [0.15, 0.2) is 11.8 Å². The highest BCUT2D eigenvalue weighted by molar-refractivity contribution is 5.80. The number of hydrogen-bond donors (Lipinski definition) is 3. The van der Waals surface area contributed by atoms with E-state index in [1.807, 2.05) is 12.1 Å². The van der Waals surface area contributed by atoms with Gasteiger partial charge in [-0.1, -0.05) is 32.0 Å². The SMILES string of the molecule is CCNC(=NCc1cccc(-c2ncn[nH]2)c1)NC1CCC(C)(C)CC1. The van der Waals surface area contributed by atoms with Crippen molar-refractivity contribution in [3.05, 3.63) is 36.2 Å². The predicted molar refractivity (Wildman–Crippen MR) is 106 cm³/mol. The summed E-state index contributed by atoms with van der Waals surface area (Å²) in [6.45, 7) is 8.33. The number of hydrogen-bond acceptors (Lipinski definition) is 3. The number of H-pyrrole nitrogens is 1. The van der Waals surface area contributed by atoms with Crippen molar-refractivity contribution in [2.24, 2.45) is 10.4 Å². The average molecular weight is 355 g/mol. The van der Waals surface area contributed by atoms with Gasteiger partial charge in [0.05, 0.1) is 6.54 Å². The van der Waals surface area contributed by atoms with E-state index in [2.05, 4.69) is 58.7 Å². The molecule has 0 saturated heterocycles. The molecular weight excluding hydrogens is 324 g/mol. The van der Waals surface area contributed by atoms with Gasteiger partial charge in [-0.25, -0.2) is 9.98 Å². The highest BCUT2D eigenvalue weighted by Gasteiger charge is 2.27. The fraction of sp³-hybridized carbons (Fsp3) is 0.550. The number of nitrogens with one attached hydrogen (secondary N) is 3. The Morgan fingerprint density at radius 1 is 1.31 bits per heavy atom. The summed E-state index contributed by atoms with van der Waals surface area (Å²) in [5, 5.41) is 13.8. The summed E-state index contributed by atoms with van der Waals surface area (Å²) in [5.74, 6) is 1.69. The minimum Gasteiger partial charge on any atom is -0.357 e. The van der Waals surface area contributed by atoms with Crippen LogP contribution in [0.15, 0.2) is 35.6 Å². The second-order valence-corrected chi connectivity index (χ2v) is 7.81. The molecule has 6 heteroatoms. The van der Waals surface area contributed by atoms with E-state index in [0.29, 0.717) is 18.0 Å². The first-order valence-corrected chi connectivity index (χ1v) is 9.55. The van der Waals surface area contributed by atoms with Crippen LogP contribution in [0.5, 0.6) is 0 Å². The summed E-state index contributed by atoms with van der Waals surface area (Å²) >= 11 is 0. The van der Waals surface area contributed by atoms with E-state index in [-0.39, 0.29) is 0 Å². The van der Waals surface area contributed by atoms with Crippen molar-refractivity contribution < 1.29 is 0 Å². The Bertz CT molecular complexity index is 710. The van der Waals surface area contributed by atoms with Gasteiger partial charge in [0.1, 0.15) is 6.33 Å². The van der Waals surface area contributed by atoms with Crippen LogP contribution in [0.4, 0.5) is 0 Å². The number of aromatic amines is 1. The first kappa shape index (κ1) is 18.4. The molecule has 0 spiro atoms. The number of benzene rings is 1. The third-order valence-electron chi connectivity index (χ3n) is 5.06. The van der Waals surface area contributed by atoms with Crippen molar-refractivity contribution in [1.29, 1.82) is 0 Å². The van der Waals surface area contributed by atoms with Gasteiger partial charge in [-0.3, -0.25) is 5.10 Å². The highest BCUT2D eigenvalue weighted by Crippen LogP contribution is 2.34. The molecule has 0 bridgehead atoms. The van der Waals surface area contributed by atoms with Gasteiger partial charge >= 0.3 is 0 Å². The van der Waals surface area contributed by atoms with Gasteiger partial charge in [-0.05, 0) is 49.7 Å². The van der Waals surface area contributed by atoms with Gasteiger partial charge in [-0.15, -0.1) is 0 Å². The number of guanidine groups is 1. The van der Waals surface area contributed by atoms with Crippen LogP contribution < -0.4 is 10.6 Å². The summed E-state index contributed by atoms with van der Waals surface area (Å²) in [6.07, 6.45) is 6.47. The molecule has 6 nitrogen and oxygen atoms in total. The molecule has 1 aliphatic carbocycles. The van der Waals surface area contributed by atoms with Crippen LogP contribution in [-0.2, 0) is 6.54 Å². The van der Waals surface area contributed by atoms with Crippen LogP contribution in [0.3, 0.4) is 0 Å². The fourth-order valence-electron chi connectivity index (χ4n) is 3.39. The molecule has 26 heavy (non-hydrogen) atoms. The quantitative estimate of drug-likeness (QED) is 0.567. The van der Waals surface area contributed by atoms with Crippen molar-refractivity contribution >= 4 is 5.96 Å². The van der Waals surface area contributed by atoms with Gasteiger partial charge in [0.2, 0.25) is 0 Å². The molecule has 0 amide bonds. The molecule has 0 atom stereocenters. The topological polar surface area (TPSA) is 78.0 Å². The van der Waals surface area contributed by atoms with E-state index in [4.69, 9.17) is 4.99 Å². The number of aliphatic imine (C=N–C) groups is 1. The minimum absolute atomic E-state index is 0.481. The molecule has 1 saturated carbocycles. The first-order valence-electron chi connectivity index (χ1n) is 9.55. The monoisotopic (exact) mass is 354 g/mol. The van der Waals surface area contributed by atoms with Crippen molar-refractivity contribution in [1.82, 2.24) is 25.8 Å². The normalized spacial score (nSPS) is 17.9. The van der Waals surface area contributed by atoms with Gasteiger partial charge < -0.3 is 10.6 Å². The van der Waals surface area contributed by atoms with Crippen LogP contribution in [0.25, 0.3) is 11.4 Å². The Balaban J connectivity index is 1.63. The lowest BCUT2D eigenvalue weighted by atomic mass is 9.75. The Labute approximate surface area is 155 Å². The third kappa shape index (κ3) is 5.07. The molecule has 1 aliphatic rings. The molecule has 1 fully saturated rings. The summed E-state index contributed by atoms with van der Waals surface area (Å²) < 4.78 is 0. The summed E-state index contributed by atoms with van der Waals surface area (Å²) in [5.41, 5.74) is 2.66. The van der Waals surface area contributed by atoms with Crippen LogP contribution >= 0.6 is 0 Å². The molecule has 1 heterocycles. The molecule has 3 N–H and O–H groups in total. The van der Waals surface area contributed by atoms with Crippen LogP contribution in [0.2, 0.25) is 0 Å². The van der Waals surface area contributed by atoms with Gasteiger partial charge in [0.25, 0.3) is 0 Å². The third-order valence-corrected chi connectivity index (χ3v) is 5.06. The second kappa shape index (κ2) is 8.34. The molecule has 3 rings (SSSR count). The molecule has 0 aliphatic heterocycles. The molecule has 0 radical (unpaired) electrons. The van der Waals surface area contributed by atoms with Crippen molar-refractivity contribution in [3.8, 4) is 11.4 Å². The van der Waals surface area contributed by atoms with Gasteiger partial charge in [-0.2, -0.15) is 5.10 Å². The molecular formula is C20H30N6. The van der Waals surface area contributed by atoms with Crippen LogP contribution in [-0.4, -0.2) is 33.7 Å². The molecule has 1 aromatic heterocycles. The molecule has 140 valence electrons. The van der Waals surface area contributed by atoms with E-state index < -0.39 is 0 Å². The zero-order valence-corrected chi connectivity index (χ0v) is 16.0. The predicted octanol–water partition coefficient (Wildman–Crippen LogP) is 3.50. The van der Waals surface area contributed by atoms with Gasteiger partial charge in [0, 0.05) is 18.2 Å². The fourth-order valence-corrected chi connectivity index (χ4v) is 3.39. The van der Waals surface area contributed by atoms with E-state index in [1.54, 1.807) is 0 Å². The van der Waals surface area contributed by atoms with Crippen LogP contribution in [0.1, 0.15) is 52.0 Å². The Morgan fingerprint density at radius 3 is 2.81 bits per heavy atom. The zero-order chi connectivity index (χ0) is 18.4. The number of aromatic nitrogens is 3. The Kier molecular flexibility index (Phi) is 5.91. The minimum atomic E-state index is 0.481. The largest absolute Gasteiger partial charge is 0.357 e. The number of rotatable bonds is 5. The molecule has 1 aromatic carbocycles. The van der Waals surface area contributed by atoms with Crippen molar-refractivity contribution in [2.45, 2.75) is 59.0 Å². The highest BCUT2D eigenvalue weighted by atomic mass is 15.2. The van der Waals surface area contributed by atoms with Crippen molar-refractivity contribution in [2.75, 3.05) is 6.54 Å². The molecule has 0 unspecified atom stereocenters. The zero-order valence-electron chi connectivity index (χ0n) is 16.0. The number of nitrogens with zero attached hydrogens (tertiary/aromatic N) is 3. The first-order chi connectivity index (χ1) is 12.6. The summed E-state index contributed by atoms with van der Waals surface area (Å²) in [6, 6.07) is 8.78. The molecule has 2 aromatic rings. The van der Waals surface area contributed by atoms with Crippen molar-refractivity contribution in [3.63, 3.8) is 0 Å². The summed E-state index contributed by atoms with van der Waals surface area (Å²) in [7, 11) is 0. The maximum Gasteiger partial charge on any atom is 0.191 e. The second-order valence-electron chi connectivity index (χ2n) is 7.81. The summed E-state index contributed by atoms with van der Waals surface area (Å²) in [4.78, 5) is 9.00. The Hall–Kier alpha value is -2.37. The lowest BCUT2D eigenvalue weighted by Gasteiger charge is -2.35. The smallest absolute Gasteiger partial charge is 0.191 e.